The molecular weight excluding hydrogens is 334 g/mol. The van der Waals surface area contributed by atoms with E-state index in [0.29, 0.717) is 16.8 Å². The average Bonchev–Trinajstić information content (AvgIpc) is 2.39. The quantitative estimate of drug-likeness (QED) is 0.584. The lowest BCUT2D eigenvalue weighted by Crippen LogP contribution is -2.02. The lowest BCUT2D eigenvalue weighted by atomic mass is 10.0. The number of aryl methyl sites for hydroxylation is 3. The van der Waals surface area contributed by atoms with Crippen molar-refractivity contribution in [3.63, 3.8) is 0 Å². The summed E-state index contributed by atoms with van der Waals surface area (Å²) in [7, 11) is 0. The van der Waals surface area contributed by atoms with Gasteiger partial charge in [-0.05, 0) is 59.5 Å². The summed E-state index contributed by atoms with van der Waals surface area (Å²) in [5.74, 6) is 0.476. The summed E-state index contributed by atoms with van der Waals surface area (Å²) in [6.45, 7) is 6.53. The van der Waals surface area contributed by atoms with Crippen LogP contribution >= 0.6 is 15.9 Å². The molecule has 0 amide bonds. The molecule has 0 aliphatic rings. The zero-order valence-electron chi connectivity index (χ0n) is 12.1. The molecule has 0 saturated heterocycles. The smallest absolute Gasteiger partial charge is 0.273 e. The van der Waals surface area contributed by atoms with Gasteiger partial charge in [-0.1, -0.05) is 17.7 Å². The van der Waals surface area contributed by atoms with Gasteiger partial charge in [-0.3, -0.25) is 10.1 Å². The molecule has 0 spiro atoms. The Labute approximate surface area is 132 Å². The van der Waals surface area contributed by atoms with E-state index in [1.54, 1.807) is 6.07 Å². The molecule has 2 aromatic carbocycles. The van der Waals surface area contributed by atoms with Crippen LogP contribution in [0.25, 0.3) is 0 Å². The van der Waals surface area contributed by atoms with Gasteiger partial charge in [-0.25, -0.2) is 0 Å². The molecule has 0 N–H and O–H groups in total. The van der Waals surface area contributed by atoms with Gasteiger partial charge in [0, 0.05) is 6.07 Å². The Bertz CT molecular complexity index is 675. The fourth-order valence-corrected chi connectivity index (χ4v) is 2.66. The molecule has 0 aliphatic heterocycles. The number of hydrogen-bond donors (Lipinski definition) is 0. The normalized spacial score (nSPS) is 10.5. The number of benzene rings is 2. The van der Waals surface area contributed by atoms with Gasteiger partial charge in [0.05, 0.1) is 15.5 Å². The van der Waals surface area contributed by atoms with Gasteiger partial charge in [0.15, 0.2) is 0 Å². The molecule has 110 valence electrons. The SMILES string of the molecule is Cc1cc(C)c(COc2cc([N+](=O)[O-])ccc2Br)c(C)c1. The zero-order valence-corrected chi connectivity index (χ0v) is 13.7. The first kappa shape index (κ1) is 15.5. The topological polar surface area (TPSA) is 52.4 Å². The highest BCUT2D eigenvalue weighted by Gasteiger charge is 2.12. The maximum absolute atomic E-state index is 10.8. The van der Waals surface area contributed by atoms with Gasteiger partial charge in [-0.2, -0.15) is 0 Å². The van der Waals surface area contributed by atoms with Gasteiger partial charge >= 0.3 is 0 Å². The largest absolute Gasteiger partial charge is 0.487 e. The van der Waals surface area contributed by atoms with Crippen LogP contribution in [0, 0.1) is 30.9 Å². The van der Waals surface area contributed by atoms with Crippen molar-refractivity contribution in [3.05, 3.63) is 67.2 Å². The van der Waals surface area contributed by atoms with Gasteiger partial charge in [0.2, 0.25) is 0 Å². The second kappa shape index (κ2) is 6.26. The van der Waals surface area contributed by atoms with Crippen LogP contribution in [0.1, 0.15) is 22.3 Å². The Kier molecular flexibility index (Phi) is 4.63. The number of nitro groups is 1. The van der Waals surface area contributed by atoms with Crippen LogP contribution in [0.2, 0.25) is 0 Å². The van der Waals surface area contributed by atoms with E-state index in [-0.39, 0.29) is 5.69 Å². The Balaban J connectivity index is 2.24. The zero-order chi connectivity index (χ0) is 15.6. The van der Waals surface area contributed by atoms with Crippen molar-refractivity contribution in [1.82, 2.24) is 0 Å². The highest BCUT2D eigenvalue weighted by atomic mass is 79.9. The molecule has 0 fully saturated rings. The standard InChI is InChI=1S/C16H16BrNO3/c1-10-6-11(2)14(12(3)7-10)9-21-16-8-13(18(19)20)4-5-15(16)17/h4-8H,9H2,1-3H3. The molecular formula is C16H16BrNO3. The van der Waals surface area contributed by atoms with Crippen LogP contribution in [0.5, 0.6) is 5.75 Å². The minimum atomic E-state index is -0.429. The lowest BCUT2D eigenvalue weighted by molar-refractivity contribution is -0.385. The monoisotopic (exact) mass is 349 g/mol. The Morgan fingerprint density at radius 3 is 2.33 bits per heavy atom. The molecule has 0 aliphatic carbocycles. The van der Waals surface area contributed by atoms with E-state index < -0.39 is 4.92 Å². The van der Waals surface area contributed by atoms with Crippen LogP contribution < -0.4 is 4.74 Å². The predicted octanol–water partition coefficient (Wildman–Crippen LogP) is 4.86. The van der Waals surface area contributed by atoms with E-state index in [2.05, 4.69) is 35.0 Å². The number of nitro benzene ring substituents is 1. The van der Waals surface area contributed by atoms with Crippen molar-refractivity contribution in [2.24, 2.45) is 0 Å². The van der Waals surface area contributed by atoms with Crippen LogP contribution in [-0.4, -0.2) is 4.92 Å². The molecule has 0 saturated carbocycles. The fraction of sp³-hybridized carbons (Fsp3) is 0.250. The molecule has 2 aromatic rings. The number of non-ortho nitro benzene ring substituents is 1. The highest BCUT2D eigenvalue weighted by Crippen LogP contribution is 2.30. The molecule has 0 radical (unpaired) electrons. The van der Waals surface area contributed by atoms with E-state index in [9.17, 15) is 10.1 Å². The van der Waals surface area contributed by atoms with Gasteiger partial charge in [-0.15, -0.1) is 0 Å². The second-order valence-electron chi connectivity index (χ2n) is 5.04. The molecule has 0 bridgehead atoms. The third-order valence-corrected chi connectivity index (χ3v) is 3.99. The Hall–Kier alpha value is -1.88. The van der Waals surface area contributed by atoms with Gasteiger partial charge in [0.25, 0.3) is 5.69 Å². The third kappa shape index (κ3) is 3.61. The first-order chi connectivity index (χ1) is 9.88. The van der Waals surface area contributed by atoms with E-state index in [0.717, 1.165) is 16.7 Å². The summed E-state index contributed by atoms with van der Waals surface area (Å²) in [4.78, 5) is 10.4. The fourth-order valence-electron chi connectivity index (χ4n) is 2.30. The maximum atomic E-state index is 10.8. The molecule has 2 rings (SSSR count). The third-order valence-electron chi connectivity index (χ3n) is 3.34. The first-order valence-corrected chi connectivity index (χ1v) is 7.31. The Morgan fingerprint density at radius 2 is 1.76 bits per heavy atom. The molecule has 0 unspecified atom stereocenters. The molecule has 4 nitrogen and oxygen atoms in total. The highest BCUT2D eigenvalue weighted by molar-refractivity contribution is 9.10. The first-order valence-electron chi connectivity index (χ1n) is 6.52. The summed E-state index contributed by atoms with van der Waals surface area (Å²) >= 11 is 3.35. The van der Waals surface area contributed by atoms with Crippen molar-refractivity contribution >= 4 is 21.6 Å². The summed E-state index contributed by atoms with van der Waals surface area (Å²) in [5.41, 5.74) is 4.66. The summed E-state index contributed by atoms with van der Waals surface area (Å²) in [5, 5.41) is 10.8. The van der Waals surface area contributed by atoms with Gasteiger partial charge in [0.1, 0.15) is 12.4 Å². The second-order valence-corrected chi connectivity index (χ2v) is 5.89. The maximum Gasteiger partial charge on any atom is 0.273 e. The van der Waals surface area contributed by atoms with E-state index in [1.165, 1.54) is 17.7 Å². The molecule has 0 aromatic heterocycles. The van der Waals surface area contributed by atoms with Crippen molar-refractivity contribution in [1.29, 1.82) is 0 Å². The van der Waals surface area contributed by atoms with Gasteiger partial charge < -0.3 is 4.74 Å². The van der Waals surface area contributed by atoms with Crippen molar-refractivity contribution < 1.29 is 9.66 Å². The molecule has 0 atom stereocenters. The van der Waals surface area contributed by atoms with Crippen LogP contribution in [0.4, 0.5) is 5.69 Å². The molecule has 5 heteroatoms. The average molecular weight is 350 g/mol. The van der Waals surface area contributed by atoms with E-state index in [1.807, 2.05) is 13.8 Å². The van der Waals surface area contributed by atoms with Crippen LogP contribution in [0.3, 0.4) is 0 Å². The summed E-state index contributed by atoms with van der Waals surface area (Å²) in [6.07, 6.45) is 0. The number of ether oxygens (including phenoxy) is 1. The number of halogens is 1. The predicted molar refractivity (Wildman–Crippen MR) is 85.8 cm³/mol. The minimum absolute atomic E-state index is 0.0190. The van der Waals surface area contributed by atoms with Crippen LogP contribution in [-0.2, 0) is 6.61 Å². The minimum Gasteiger partial charge on any atom is -0.487 e. The van der Waals surface area contributed by atoms with Crippen molar-refractivity contribution in [3.8, 4) is 5.75 Å². The van der Waals surface area contributed by atoms with Crippen molar-refractivity contribution in [2.75, 3.05) is 0 Å². The number of nitrogens with zero attached hydrogens (tertiary/aromatic N) is 1. The summed E-state index contributed by atoms with van der Waals surface area (Å²) < 4.78 is 6.47. The molecule has 21 heavy (non-hydrogen) atoms. The van der Waals surface area contributed by atoms with Crippen LogP contribution in [0.15, 0.2) is 34.8 Å². The van der Waals surface area contributed by atoms with E-state index >= 15 is 0 Å². The number of hydrogen-bond acceptors (Lipinski definition) is 3. The van der Waals surface area contributed by atoms with E-state index in [4.69, 9.17) is 4.74 Å². The van der Waals surface area contributed by atoms with Crippen molar-refractivity contribution in [2.45, 2.75) is 27.4 Å². The lowest BCUT2D eigenvalue weighted by Gasteiger charge is -2.13. The number of rotatable bonds is 4. The summed E-state index contributed by atoms with van der Waals surface area (Å²) in [6, 6.07) is 8.72. The Morgan fingerprint density at radius 1 is 1.14 bits per heavy atom. The molecule has 0 heterocycles.